The average Bonchev–Trinajstić information content (AvgIpc) is 2.06. The Morgan fingerprint density at radius 2 is 2.42 bits per heavy atom. The molecule has 0 aromatic carbocycles. The van der Waals surface area contributed by atoms with Crippen LogP contribution in [-0.4, -0.2) is 5.78 Å². The summed E-state index contributed by atoms with van der Waals surface area (Å²) in [4.78, 5) is 11.4. The number of rotatable bonds is 3. The Bertz CT molecular complexity index is 223. The monoisotopic (exact) mass is 164 g/mol. The molecule has 0 radical (unpaired) electrons. The number of allylic oxidation sites excluding steroid dienone is 4. The number of hydrogen-bond acceptors (Lipinski definition) is 1. The van der Waals surface area contributed by atoms with E-state index in [4.69, 9.17) is 0 Å². The highest BCUT2D eigenvalue weighted by Crippen LogP contribution is 2.18. The Balaban J connectivity index is 2.47. The number of Topliss-reactive ketones (excluding diaryl/α,β-unsaturated/α-hetero) is 1. The standard InChI is InChI=1S/C11H16O/c1-3-4-11(12)10-7-5-9(2)6-8-10/h5-7,10H,3-4,8H2,1-2H3. The van der Waals surface area contributed by atoms with Gasteiger partial charge in [-0.25, -0.2) is 0 Å². The van der Waals surface area contributed by atoms with E-state index in [0.29, 0.717) is 5.78 Å². The molecule has 0 fully saturated rings. The molecule has 0 saturated heterocycles. The van der Waals surface area contributed by atoms with Crippen LogP contribution in [0.4, 0.5) is 0 Å². The van der Waals surface area contributed by atoms with Crippen molar-refractivity contribution in [2.75, 3.05) is 0 Å². The van der Waals surface area contributed by atoms with Crippen LogP contribution in [0.15, 0.2) is 23.8 Å². The van der Waals surface area contributed by atoms with Crippen LogP contribution in [0.25, 0.3) is 0 Å². The maximum atomic E-state index is 11.4. The van der Waals surface area contributed by atoms with Gasteiger partial charge in [0.1, 0.15) is 5.78 Å². The predicted octanol–water partition coefficient (Wildman–Crippen LogP) is 2.88. The summed E-state index contributed by atoms with van der Waals surface area (Å²) < 4.78 is 0. The van der Waals surface area contributed by atoms with Crippen molar-refractivity contribution in [2.24, 2.45) is 5.92 Å². The molecule has 0 saturated carbocycles. The molecule has 12 heavy (non-hydrogen) atoms. The van der Waals surface area contributed by atoms with Gasteiger partial charge in [-0.3, -0.25) is 4.79 Å². The molecular weight excluding hydrogens is 148 g/mol. The molecule has 0 N–H and O–H groups in total. The zero-order chi connectivity index (χ0) is 8.97. The first kappa shape index (κ1) is 9.24. The highest BCUT2D eigenvalue weighted by molar-refractivity contribution is 5.83. The number of carbonyl (C=O) groups excluding carboxylic acids is 1. The fourth-order valence-electron chi connectivity index (χ4n) is 1.40. The second kappa shape index (κ2) is 4.24. The van der Waals surface area contributed by atoms with Crippen LogP contribution in [0, 0.1) is 5.92 Å². The van der Waals surface area contributed by atoms with Crippen molar-refractivity contribution in [1.29, 1.82) is 0 Å². The van der Waals surface area contributed by atoms with Crippen LogP contribution in [0.1, 0.15) is 33.1 Å². The Morgan fingerprint density at radius 3 is 2.92 bits per heavy atom. The minimum atomic E-state index is 0.161. The van der Waals surface area contributed by atoms with E-state index >= 15 is 0 Å². The van der Waals surface area contributed by atoms with E-state index in [-0.39, 0.29) is 5.92 Å². The largest absolute Gasteiger partial charge is 0.299 e. The lowest BCUT2D eigenvalue weighted by Crippen LogP contribution is -2.12. The van der Waals surface area contributed by atoms with E-state index in [1.165, 1.54) is 5.57 Å². The molecule has 0 spiro atoms. The normalized spacial score (nSPS) is 22.2. The van der Waals surface area contributed by atoms with Crippen LogP contribution in [0.5, 0.6) is 0 Å². The molecule has 1 nitrogen and oxygen atoms in total. The van der Waals surface area contributed by atoms with E-state index in [1.807, 2.05) is 19.1 Å². The molecule has 1 rings (SSSR count). The first-order chi connectivity index (χ1) is 5.74. The third-order valence-corrected chi connectivity index (χ3v) is 2.20. The van der Waals surface area contributed by atoms with Crippen LogP contribution in [0.2, 0.25) is 0 Å². The van der Waals surface area contributed by atoms with E-state index < -0.39 is 0 Å². The lowest BCUT2D eigenvalue weighted by Gasteiger charge is -2.12. The molecule has 66 valence electrons. The third-order valence-electron chi connectivity index (χ3n) is 2.20. The fourth-order valence-corrected chi connectivity index (χ4v) is 1.40. The second-order valence-corrected chi connectivity index (χ2v) is 3.37. The third kappa shape index (κ3) is 2.33. The van der Waals surface area contributed by atoms with Crippen LogP contribution in [-0.2, 0) is 4.79 Å². The van der Waals surface area contributed by atoms with Gasteiger partial charge in [-0.05, 0) is 19.8 Å². The smallest absolute Gasteiger partial charge is 0.140 e. The summed E-state index contributed by atoms with van der Waals surface area (Å²) in [6.07, 6.45) is 8.81. The highest BCUT2D eigenvalue weighted by Gasteiger charge is 2.14. The summed E-state index contributed by atoms with van der Waals surface area (Å²) >= 11 is 0. The quantitative estimate of drug-likeness (QED) is 0.626. The zero-order valence-electron chi connectivity index (χ0n) is 7.84. The van der Waals surface area contributed by atoms with Gasteiger partial charge in [-0.2, -0.15) is 0 Å². The Morgan fingerprint density at radius 1 is 1.67 bits per heavy atom. The predicted molar refractivity (Wildman–Crippen MR) is 50.9 cm³/mol. The molecule has 0 heterocycles. The number of ketones is 1. The van der Waals surface area contributed by atoms with Gasteiger partial charge >= 0.3 is 0 Å². The molecule has 1 aliphatic carbocycles. The Labute approximate surface area is 74.2 Å². The van der Waals surface area contributed by atoms with Crippen molar-refractivity contribution in [3.8, 4) is 0 Å². The lowest BCUT2D eigenvalue weighted by molar-refractivity contribution is -0.121. The Kier molecular flexibility index (Phi) is 3.27. The van der Waals surface area contributed by atoms with Crippen molar-refractivity contribution >= 4 is 5.78 Å². The summed E-state index contributed by atoms with van der Waals surface area (Å²) in [6, 6.07) is 0. The summed E-state index contributed by atoms with van der Waals surface area (Å²) in [5.74, 6) is 0.547. The van der Waals surface area contributed by atoms with Crippen molar-refractivity contribution in [2.45, 2.75) is 33.1 Å². The van der Waals surface area contributed by atoms with E-state index in [0.717, 1.165) is 19.3 Å². The highest BCUT2D eigenvalue weighted by atomic mass is 16.1. The second-order valence-electron chi connectivity index (χ2n) is 3.37. The topological polar surface area (TPSA) is 17.1 Å². The SMILES string of the molecule is CCCC(=O)C1C=CC(C)=CC1. The van der Waals surface area contributed by atoms with Crippen molar-refractivity contribution in [3.63, 3.8) is 0 Å². The summed E-state index contributed by atoms with van der Waals surface area (Å²) in [5.41, 5.74) is 1.27. The molecule has 1 aliphatic rings. The molecule has 0 aromatic rings. The number of carbonyl (C=O) groups is 1. The molecule has 1 unspecified atom stereocenters. The fraction of sp³-hybridized carbons (Fsp3) is 0.545. The van der Waals surface area contributed by atoms with Gasteiger partial charge in [0, 0.05) is 12.3 Å². The molecule has 1 heteroatoms. The van der Waals surface area contributed by atoms with Crippen LogP contribution in [0.3, 0.4) is 0 Å². The van der Waals surface area contributed by atoms with Crippen LogP contribution >= 0.6 is 0 Å². The van der Waals surface area contributed by atoms with Crippen molar-refractivity contribution < 1.29 is 4.79 Å². The average molecular weight is 164 g/mol. The van der Waals surface area contributed by atoms with Crippen molar-refractivity contribution in [1.82, 2.24) is 0 Å². The van der Waals surface area contributed by atoms with Gasteiger partial charge in [-0.15, -0.1) is 0 Å². The van der Waals surface area contributed by atoms with Gasteiger partial charge in [0.15, 0.2) is 0 Å². The Hall–Kier alpha value is -0.850. The zero-order valence-corrected chi connectivity index (χ0v) is 7.84. The maximum absolute atomic E-state index is 11.4. The summed E-state index contributed by atoms with van der Waals surface area (Å²) in [6.45, 7) is 4.11. The van der Waals surface area contributed by atoms with E-state index in [2.05, 4.69) is 13.0 Å². The molecule has 0 aliphatic heterocycles. The molecular formula is C11H16O. The van der Waals surface area contributed by atoms with E-state index in [1.54, 1.807) is 0 Å². The van der Waals surface area contributed by atoms with Gasteiger partial charge < -0.3 is 0 Å². The first-order valence-corrected chi connectivity index (χ1v) is 4.61. The summed E-state index contributed by atoms with van der Waals surface area (Å²) in [7, 11) is 0. The minimum absolute atomic E-state index is 0.161. The van der Waals surface area contributed by atoms with Crippen molar-refractivity contribution in [3.05, 3.63) is 23.8 Å². The first-order valence-electron chi connectivity index (χ1n) is 4.61. The lowest BCUT2D eigenvalue weighted by atomic mass is 9.91. The number of hydrogen-bond donors (Lipinski definition) is 0. The molecule has 0 amide bonds. The summed E-state index contributed by atoms with van der Waals surface area (Å²) in [5, 5.41) is 0. The van der Waals surface area contributed by atoms with Gasteiger partial charge in [0.05, 0.1) is 0 Å². The molecule has 0 aromatic heterocycles. The van der Waals surface area contributed by atoms with Gasteiger partial charge in [0.25, 0.3) is 0 Å². The van der Waals surface area contributed by atoms with Gasteiger partial charge in [0.2, 0.25) is 0 Å². The van der Waals surface area contributed by atoms with Gasteiger partial charge in [-0.1, -0.05) is 30.7 Å². The van der Waals surface area contributed by atoms with E-state index in [9.17, 15) is 4.79 Å². The molecule has 1 atom stereocenters. The molecule has 0 bridgehead atoms. The maximum Gasteiger partial charge on any atom is 0.140 e. The minimum Gasteiger partial charge on any atom is -0.299 e. The van der Waals surface area contributed by atoms with Crippen LogP contribution < -0.4 is 0 Å².